The number of aromatic nitrogens is 2. The standard InChI is InChI=1S/C15H13N3O/c19-11-15-17-13-8-4-5-9-14(13)18(15)16-10-12-6-2-1-3-7-12/h1-10,19H,11H2. The summed E-state index contributed by atoms with van der Waals surface area (Å²) in [4.78, 5) is 4.34. The Morgan fingerprint density at radius 1 is 1.05 bits per heavy atom. The van der Waals surface area contributed by atoms with Crippen molar-refractivity contribution in [2.75, 3.05) is 0 Å². The van der Waals surface area contributed by atoms with Crippen LogP contribution in [0.15, 0.2) is 59.7 Å². The van der Waals surface area contributed by atoms with Crippen LogP contribution in [0.5, 0.6) is 0 Å². The number of hydrogen-bond donors (Lipinski definition) is 1. The van der Waals surface area contributed by atoms with Crippen LogP contribution in [0.1, 0.15) is 11.4 Å². The van der Waals surface area contributed by atoms with Gasteiger partial charge in [-0.3, -0.25) is 0 Å². The summed E-state index contributed by atoms with van der Waals surface area (Å²) in [6.07, 6.45) is 1.76. The Kier molecular flexibility index (Phi) is 3.08. The van der Waals surface area contributed by atoms with Gasteiger partial charge in [0, 0.05) is 0 Å². The maximum absolute atomic E-state index is 9.36. The van der Waals surface area contributed by atoms with Gasteiger partial charge in [0.2, 0.25) is 0 Å². The Bertz CT molecular complexity index is 717. The molecule has 4 nitrogen and oxygen atoms in total. The molecule has 2 aromatic carbocycles. The third kappa shape index (κ3) is 2.26. The molecule has 1 aromatic heterocycles. The topological polar surface area (TPSA) is 50.4 Å². The lowest BCUT2D eigenvalue weighted by atomic mass is 10.2. The van der Waals surface area contributed by atoms with Gasteiger partial charge in [0.1, 0.15) is 6.61 Å². The molecule has 0 spiro atoms. The lowest BCUT2D eigenvalue weighted by molar-refractivity contribution is 0.267. The summed E-state index contributed by atoms with van der Waals surface area (Å²) in [5.74, 6) is 0.536. The summed E-state index contributed by atoms with van der Waals surface area (Å²) < 4.78 is 1.67. The van der Waals surface area contributed by atoms with Gasteiger partial charge in [-0.2, -0.15) is 5.10 Å². The van der Waals surface area contributed by atoms with Gasteiger partial charge in [-0.15, -0.1) is 0 Å². The molecule has 4 heteroatoms. The molecule has 0 fully saturated rings. The number of fused-ring (bicyclic) bond motifs is 1. The largest absolute Gasteiger partial charge is 0.388 e. The van der Waals surface area contributed by atoms with Gasteiger partial charge >= 0.3 is 0 Å². The van der Waals surface area contributed by atoms with Crippen molar-refractivity contribution in [2.45, 2.75) is 6.61 Å². The molecule has 0 aliphatic carbocycles. The van der Waals surface area contributed by atoms with E-state index in [-0.39, 0.29) is 6.61 Å². The highest BCUT2D eigenvalue weighted by Crippen LogP contribution is 2.15. The summed E-state index contributed by atoms with van der Waals surface area (Å²) in [7, 11) is 0. The van der Waals surface area contributed by atoms with Crippen LogP contribution in [0.4, 0.5) is 0 Å². The molecule has 0 aliphatic heterocycles. The summed E-state index contributed by atoms with van der Waals surface area (Å²) in [6, 6.07) is 17.5. The van der Waals surface area contributed by atoms with Crippen molar-refractivity contribution in [3.8, 4) is 0 Å². The van der Waals surface area contributed by atoms with Gasteiger partial charge in [0.15, 0.2) is 5.82 Å². The number of aliphatic hydroxyl groups is 1. The maximum atomic E-state index is 9.36. The quantitative estimate of drug-likeness (QED) is 0.727. The van der Waals surface area contributed by atoms with Gasteiger partial charge < -0.3 is 5.11 Å². The Balaban J connectivity index is 2.07. The fourth-order valence-corrected chi connectivity index (χ4v) is 1.96. The van der Waals surface area contributed by atoms with Gasteiger partial charge in [0.25, 0.3) is 0 Å². The summed E-state index contributed by atoms with van der Waals surface area (Å²) in [5, 5.41) is 13.8. The first-order chi connectivity index (χ1) is 9.38. The van der Waals surface area contributed by atoms with E-state index < -0.39 is 0 Å². The Morgan fingerprint density at radius 2 is 1.79 bits per heavy atom. The predicted octanol–water partition coefficient (Wildman–Crippen LogP) is 2.41. The van der Waals surface area contributed by atoms with Crippen LogP contribution in [0.25, 0.3) is 11.0 Å². The lowest BCUT2D eigenvalue weighted by Gasteiger charge is -1.99. The van der Waals surface area contributed by atoms with Gasteiger partial charge in [-0.1, -0.05) is 42.5 Å². The van der Waals surface area contributed by atoms with Gasteiger partial charge in [-0.25, -0.2) is 9.66 Å². The minimum Gasteiger partial charge on any atom is -0.388 e. The SMILES string of the molecule is OCc1nc2ccccc2n1N=Cc1ccccc1. The summed E-state index contributed by atoms with van der Waals surface area (Å²) in [6.45, 7) is -0.138. The average molecular weight is 251 g/mol. The molecule has 0 saturated carbocycles. The second kappa shape index (κ2) is 5.04. The molecule has 94 valence electrons. The number of hydrogen-bond acceptors (Lipinski definition) is 3. The molecule has 0 aliphatic rings. The van der Waals surface area contributed by atoms with E-state index in [4.69, 9.17) is 0 Å². The molecule has 0 bridgehead atoms. The lowest BCUT2D eigenvalue weighted by Crippen LogP contribution is -1.98. The molecule has 0 amide bonds. The smallest absolute Gasteiger partial charge is 0.156 e. The highest BCUT2D eigenvalue weighted by Gasteiger charge is 2.07. The number of nitrogens with zero attached hydrogens (tertiary/aromatic N) is 3. The molecule has 0 radical (unpaired) electrons. The Hall–Kier alpha value is -2.46. The first-order valence-electron chi connectivity index (χ1n) is 6.05. The highest BCUT2D eigenvalue weighted by atomic mass is 16.3. The predicted molar refractivity (Wildman–Crippen MR) is 75.1 cm³/mol. The third-order valence-electron chi connectivity index (χ3n) is 2.87. The number of benzene rings is 2. The van der Waals surface area contributed by atoms with E-state index in [1.807, 2.05) is 54.6 Å². The molecular weight excluding hydrogens is 238 g/mol. The van der Waals surface area contributed by atoms with E-state index in [0.717, 1.165) is 16.6 Å². The van der Waals surface area contributed by atoms with Gasteiger partial charge in [0.05, 0.1) is 17.2 Å². The zero-order valence-electron chi connectivity index (χ0n) is 10.3. The molecule has 0 saturated heterocycles. The van der Waals surface area contributed by atoms with E-state index in [0.29, 0.717) is 5.82 Å². The molecule has 3 rings (SSSR count). The van der Waals surface area contributed by atoms with Crippen LogP contribution >= 0.6 is 0 Å². The minimum atomic E-state index is -0.138. The fraction of sp³-hybridized carbons (Fsp3) is 0.0667. The second-order valence-corrected chi connectivity index (χ2v) is 4.14. The maximum Gasteiger partial charge on any atom is 0.156 e. The van der Waals surface area contributed by atoms with Crippen LogP contribution in [-0.2, 0) is 6.61 Å². The van der Waals surface area contributed by atoms with Crippen molar-refractivity contribution in [3.05, 3.63) is 66.0 Å². The number of imidazole rings is 1. The van der Waals surface area contributed by atoms with E-state index >= 15 is 0 Å². The van der Waals surface area contributed by atoms with Crippen LogP contribution in [0.2, 0.25) is 0 Å². The molecule has 1 N–H and O–H groups in total. The van der Waals surface area contributed by atoms with Crippen LogP contribution < -0.4 is 0 Å². The Labute approximate surface area is 110 Å². The average Bonchev–Trinajstić information content (AvgIpc) is 2.84. The minimum absolute atomic E-state index is 0.138. The van der Waals surface area contributed by atoms with Crippen molar-refractivity contribution in [1.29, 1.82) is 0 Å². The van der Waals surface area contributed by atoms with Crippen molar-refractivity contribution in [1.82, 2.24) is 9.66 Å². The van der Waals surface area contributed by atoms with Crippen molar-refractivity contribution >= 4 is 17.2 Å². The van der Waals surface area contributed by atoms with Crippen molar-refractivity contribution < 1.29 is 5.11 Å². The summed E-state index contributed by atoms with van der Waals surface area (Å²) >= 11 is 0. The molecule has 3 aromatic rings. The van der Waals surface area contributed by atoms with E-state index in [9.17, 15) is 5.11 Å². The first kappa shape index (κ1) is 11.6. The second-order valence-electron chi connectivity index (χ2n) is 4.14. The molecular formula is C15H13N3O. The van der Waals surface area contributed by atoms with Crippen LogP contribution in [0.3, 0.4) is 0 Å². The summed E-state index contributed by atoms with van der Waals surface area (Å²) in [5.41, 5.74) is 2.72. The van der Waals surface area contributed by atoms with E-state index in [2.05, 4.69) is 10.1 Å². The molecule has 0 unspecified atom stereocenters. The number of para-hydroxylation sites is 2. The van der Waals surface area contributed by atoms with Crippen molar-refractivity contribution in [3.63, 3.8) is 0 Å². The van der Waals surface area contributed by atoms with Crippen LogP contribution in [0, 0.1) is 0 Å². The van der Waals surface area contributed by atoms with Crippen molar-refractivity contribution in [2.24, 2.45) is 5.10 Å². The van der Waals surface area contributed by atoms with Gasteiger partial charge in [-0.05, 0) is 17.7 Å². The molecule has 1 heterocycles. The first-order valence-corrected chi connectivity index (χ1v) is 6.05. The van der Waals surface area contributed by atoms with E-state index in [1.54, 1.807) is 10.9 Å². The zero-order chi connectivity index (χ0) is 13.1. The molecule has 19 heavy (non-hydrogen) atoms. The van der Waals surface area contributed by atoms with Crippen LogP contribution in [-0.4, -0.2) is 21.0 Å². The number of aliphatic hydroxyl groups excluding tert-OH is 1. The monoisotopic (exact) mass is 251 g/mol. The zero-order valence-corrected chi connectivity index (χ0v) is 10.3. The third-order valence-corrected chi connectivity index (χ3v) is 2.87. The Morgan fingerprint density at radius 3 is 2.58 bits per heavy atom. The highest BCUT2D eigenvalue weighted by molar-refractivity contribution is 5.81. The molecule has 0 atom stereocenters. The van der Waals surface area contributed by atoms with E-state index in [1.165, 1.54) is 0 Å². The fourth-order valence-electron chi connectivity index (χ4n) is 1.96. The number of rotatable bonds is 3. The normalized spacial score (nSPS) is 11.4.